The fourth-order valence-corrected chi connectivity index (χ4v) is 2.40. The van der Waals surface area contributed by atoms with Crippen LogP contribution in [-0.2, 0) is 20.7 Å². The molecule has 0 aliphatic heterocycles. The van der Waals surface area contributed by atoms with Gasteiger partial charge in [-0.2, -0.15) is 0 Å². The van der Waals surface area contributed by atoms with E-state index in [0.717, 1.165) is 0 Å². The normalized spacial score (nSPS) is 10.5. The highest BCUT2D eigenvalue weighted by atomic mass is 16.5. The summed E-state index contributed by atoms with van der Waals surface area (Å²) in [6.45, 7) is 0.117. The van der Waals surface area contributed by atoms with Crippen LogP contribution in [0.3, 0.4) is 0 Å². The number of carboxylic acids is 1. The molecule has 8 heteroatoms. The first-order chi connectivity index (χ1) is 12.4. The van der Waals surface area contributed by atoms with E-state index in [2.05, 4.69) is 0 Å². The van der Waals surface area contributed by atoms with Gasteiger partial charge in [0, 0.05) is 6.42 Å². The molecule has 1 heterocycles. The molecule has 1 aromatic heterocycles. The lowest BCUT2D eigenvalue weighted by Crippen LogP contribution is -2.09. The van der Waals surface area contributed by atoms with Gasteiger partial charge in [-0.1, -0.05) is 0 Å². The van der Waals surface area contributed by atoms with Gasteiger partial charge in [0.25, 0.3) is 0 Å². The number of fused-ring (bicyclic) bond motifs is 1. The zero-order chi connectivity index (χ0) is 19.1. The Bertz CT molecular complexity index is 852. The molecule has 8 nitrogen and oxygen atoms in total. The molecule has 0 bridgehead atoms. The lowest BCUT2D eigenvalue weighted by Gasteiger charge is -2.09. The maximum absolute atomic E-state index is 12.2. The third-order valence-corrected chi connectivity index (χ3v) is 3.69. The minimum Gasteiger partial charge on any atom is -0.493 e. The first-order valence-electron chi connectivity index (χ1n) is 8.00. The monoisotopic (exact) mass is 364 g/mol. The smallest absolute Gasteiger partial charge is 0.343 e. The number of carbonyl (C=O) groups is 2. The third-order valence-electron chi connectivity index (χ3n) is 3.69. The maximum Gasteiger partial charge on any atom is 0.343 e. The molecule has 0 aliphatic rings. The van der Waals surface area contributed by atoms with Crippen LogP contribution < -0.4 is 15.1 Å². The van der Waals surface area contributed by atoms with Crippen LogP contribution in [0.5, 0.6) is 11.5 Å². The average Bonchev–Trinajstić information content (AvgIpc) is 2.62. The van der Waals surface area contributed by atoms with Crippen LogP contribution in [0.1, 0.15) is 25.0 Å². The second-order valence-corrected chi connectivity index (χ2v) is 5.51. The minimum atomic E-state index is -1.05. The maximum atomic E-state index is 12.2. The van der Waals surface area contributed by atoms with Crippen molar-refractivity contribution in [1.29, 1.82) is 0 Å². The van der Waals surface area contributed by atoms with E-state index in [9.17, 15) is 14.4 Å². The van der Waals surface area contributed by atoms with E-state index >= 15 is 0 Å². The first kappa shape index (κ1) is 19.3. The van der Waals surface area contributed by atoms with Crippen LogP contribution in [-0.4, -0.2) is 37.9 Å². The van der Waals surface area contributed by atoms with E-state index in [1.54, 1.807) is 18.2 Å². The number of benzene rings is 1. The first-order valence-corrected chi connectivity index (χ1v) is 8.00. The number of esters is 1. The molecular weight excluding hydrogens is 344 g/mol. The zero-order valence-electron chi connectivity index (χ0n) is 14.6. The number of aliphatic carboxylic acids is 1. The van der Waals surface area contributed by atoms with Gasteiger partial charge in [-0.3, -0.25) is 9.59 Å². The molecule has 1 aromatic carbocycles. The van der Waals surface area contributed by atoms with E-state index in [-0.39, 0.29) is 19.4 Å². The van der Waals surface area contributed by atoms with Gasteiger partial charge in [-0.25, -0.2) is 4.79 Å². The Kier molecular flexibility index (Phi) is 6.60. The molecule has 0 unspecified atom stereocenters. The van der Waals surface area contributed by atoms with Gasteiger partial charge in [0.05, 0.1) is 39.1 Å². The molecule has 1 N–H and O–H groups in total. The molecule has 0 amide bonds. The van der Waals surface area contributed by atoms with Gasteiger partial charge in [0.1, 0.15) is 5.76 Å². The summed E-state index contributed by atoms with van der Waals surface area (Å²) in [6, 6.07) is 4.99. The molecule has 0 radical (unpaired) electrons. The van der Waals surface area contributed by atoms with E-state index in [1.165, 1.54) is 14.2 Å². The molecule has 2 rings (SSSR count). The summed E-state index contributed by atoms with van der Waals surface area (Å²) >= 11 is 0. The second-order valence-electron chi connectivity index (χ2n) is 5.51. The fraction of sp³-hybridized carbons (Fsp3) is 0.389. The highest BCUT2D eigenvalue weighted by Crippen LogP contribution is 2.31. The van der Waals surface area contributed by atoms with Gasteiger partial charge < -0.3 is 23.7 Å². The van der Waals surface area contributed by atoms with Crippen LogP contribution in [0.4, 0.5) is 0 Å². The summed E-state index contributed by atoms with van der Waals surface area (Å²) in [6.07, 6.45) is 0.415. The van der Waals surface area contributed by atoms with Crippen LogP contribution >= 0.6 is 0 Å². The number of carboxylic acid groups (broad SMARTS) is 1. The quantitative estimate of drug-likeness (QED) is 0.532. The summed E-state index contributed by atoms with van der Waals surface area (Å²) in [5, 5.41) is 9.54. The van der Waals surface area contributed by atoms with E-state index in [1.807, 2.05) is 0 Å². The van der Waals surface area contributed by atoms with Crippen molar-refractivity contribution < 1.29 is 33.3 Å². The summed E-state index contributed by atoms with van der Waals surface area (Å²) in [5.74, 6) is -0.218. The lowest BCUT2D eigenvalue weighted by molar-refractivity contribution is -0.147. The number of carbonyl (C=O) groups excluding carboxylic acids is 1. The number of rotatable bonds is 9. The summed E-state index contributed by atoms with van der Waals surface area (Å²) < 4.78 is 20.6. The number of methoxy groups -OCH3 is 2. The average molecular weight is 364 g/mol. The topological polar surface area (TPSA) is 112 Å². The molecule has 2 aromatic rings. The van der Waals surface area contributed by atoms with E-state index < -0.39 is 17.6 Å². The van der Waals surface area contributed by atoms with Gasteiger partial charge in [0.2, 0.25) is 0 Å². The number of aryl methyl sites for hydroxylation is 1. The van der Waals surface area contributed by atoms with Crippen molar-refractivity contribution in [2.45, 2.75) is 25.7 Å². The van der Waals surface area contributed by atoms with Crippen molar-refractivity contribution in [3.05, 3.63) is 34.4 Å². The minimum absolute atomic E-state index is 0.117. The predicted octanol–water partition coefficient (Wildman–Crippen LogP) is 2.15. The van der Waals surface area contributed by atoms with Crippen LogP contribution in [0.2, 0.25) is 0 Å². The molecule has 0 saturated carbocycles. The van der Waals surface area contributed by atoms with Crippen molar-refractivity contribution in [2.24, 2.45) is 0 Å². The molecule has 0 spiro atoms. The molecular formula is C18H20O8. The van der Waals surface area contributed by atoms with Gasteiger partial charge in [-0.05, 0) is 30.0 Å². The fourth-order valence-electron chi connectivity index (χ4n) is 2.40. The predicted molar refractivity (Wildman–Crippen MR) is 91.7 cm³/mol. The van der Waals surface area contributed by atoms with Crippen molar-refractivity contribution in [3.8, 4) is 11.5 Å². The summed E-state index contributed by atoms with van der Waals surface area (Å²) in [4.78, 5) is 33.9. The van der Waals surface area contributed by atoms with Crippen LogP contribution in [0, 0.1) is 0 Å². The van der Waals surface area contributed by atoms with Gasteiger partial charge in [0.15, 0.2) is 11.5 Å². The molecule has 140 valence electrons. The van der Waals surface area contributed by atoms with E-state index in [4.69, 9.17) is 23.7 Å². The Labute approximate surface area is 149 Å². The molecule has 0 atom stereocenters. The van der Waals surface area contributed by atoms with Crippen LogP contribution in [0.25, 0.3) is 10.8 Å². The number of hydrogen-bond acceptors (Lipinski definition) is 7. The Morgan fingerprint density at radius 1 is 1.08 bits per heavy atom. The van der Waals surface area contributed by atoms with E-state index in [0.29, 0.717) is 40.9 Å². The molecule has 26 heavy (non-hydrogen) atoms. The standard InChI is InChI=1S/C18H20O8/c1-23-14-9-11-8-12(26-18(22)13(11)10-15(14)24-2)4-3-7-25-17(21)6-5-16(19)20/h8-10H,3-7H2,1-2H3,(H,19,20). The van der Waals surface area contributed by atoms with Crippen molar-refractivity contribution in [2.75, 3.05) is 20.8 Å². The van der Waals surface area contributed by atoms with Gasteiger partial charge >= 0.3 is 17.6 Å². The van der Waals surface area contributed by atoms with Gasteiger partial charge in [-0.15, -0.1) is 0 Å². The molecule has 0 fully saturated rings. The summed E-state index contributed by atoms with van der Waals surface area (Å²) in [7, 11) is 2.99. The van der Waals surface area contributed by atoms with Crippen molar-refractivity contribution in [1.82, 2.24) is 0 Å². The lowest BCUT2D eigenvalue weighted by atomic mass is 10.1. The largest absolute Gasteiger partial charge is 0.493 e. The van der Waals surface area contributed by atoms with Crippen molar-refractivity contribution >= 4 is 22.7 Å². The SMILES string of the molecule is COc1cc2cc(CCCOC(=O)CCC(=O)O)oc(=O)c2cc1OC. The second kappa shape index (κ2) is 8.89. The van der Waals surface area contributed by atoms with Crippen LogP contribution in [0.15, 0.2) is 27.4 Å². The Balaban J connectivity index is 2.01. The highest BCUT2D eigenvalue weighted by molar-refractivity contribution is 5.85. The molecule has 0 saturated heterocycles. The number of hydrogen-bond donors (Lipinski definition) is 1. The zero-order valence-corrected chi connectivity index (χ0v) is 14.6. The third kappa shape index (κ3) is 4.98. The Morgan fingerprint density at radius 3 is 2.42 bits per heavy atom. The molecule has 0 aliphatic carbocycles. The Hall–Kier alpha value is -3.03. The van der Waals surface area contributed by atoms with Crippen molar-refractivity contribution in [3.63, 3.8) is 0 Å². The summed E-state index contributed by atoms with van der Waals surface area (Å²) in [5.41, 5.74) is -0.489. The Morgan fingerprint density at radius 2 is 1.77 bits per heavy atom. The number of ether oxygens (including phenoxy) is 3. The highest BCUT2D eigenvalue weighted by Gasteiger charge is 2.11.